The molecule has 1 N–H and O–H groups in total. The molecule has 0 aliphatic rings. The van der Waals surface area contributed by atoms with Crippen LogP contribution in [0.3, 0.4) is 0 Å². The maximum absolute atomic E-state index is 13.2. The van der Waals surface area contributed by atoms with Gasteiger partial charge in [0, 0.05) is 17.1 Å². The van der Waals surface area contributed by atoms with Crippen LogP contribution >= 0.6 is 15.9 Å². The number of anilines is 1. The van der Waals surface area contributed by atoms with Crippen LogP contribution in [0, 0.1) is 0 Å². The summed E-state index contributed by atoms with van der Waals surface area (Å²) >= 11 is 3.47. The average Bonchev–Trinajstić information content (AvgIpc) is 2.74. The first-order valence-electron chi connectivity index (χ1n) is 8.72. The van der Waals surface area contributed by atoms with Crippen LogP contribution in [0.15, 0.2) is 95.1 Å². The molecule has 0 radical (unpaired) electrons. The summed E-state index contributed by atoms with van der Waals surface area (Å²) in [4.78, 5) is 27.3. The summed E-state index contributed by atoms with van der Waals surface area (Å²) in [5.41, 5.74) is 2.20. The second-order valence-corrected chi connectivity index (χ2v) is 6.96. The minimum atomic E-state index is -0.336. The number of hydrogen-bond acceptors (Lipinski definition) is 2. The number of nitrogens with one attached hydrogen (secondary N) is 1. The van der Waals surface area contributed by atoms with E-state index in [9.17, 15) is 9.59 Å². The van der Waals surface area contributed by atoms with Crippen LogP contribution in [0.1, 0.15) is 15.9 Å². The van der Waals surface area contributed by atoms with Crippen molar-refractivity contribution >= 4 is 39.5 Å². The number of carbonyl (C=O) groups is 2. The summed E-state index contributed by atoms with van der Waals surface area (Å²) in [7, 11) is 1.68. The number of carbonyl (C=O) groups excluding carboxylic acids is 2. The molecule has 28 heavy (non-hydrogen) atoms. The number of rotatable bonds is 5. The summed E-state index contributed by atoms with van der Waals surface area (Å²) in [5, 5.41) is 2.77. The normalized spacial score (nSPS) is 11.0. The fourth-order valence-electron chi connectivity index (χ4n) is 2.67. The molecule has 3 aromatic carbocycles. The predicted molar refractivity (Wildman–Crippen MR) is 116 cm³/mol. The monoisotopic (exact) mass is 434 g/mol. The zero-order valence-corrected chi connectivity index (χ0v) is 16.9. The first-order valence-corrected chi connectivity index (χ1v) is 9.51. The van der Waals surface area contributed by atoms with Crippen LogP contribution in [0.25, 0.3) is 6.08 Å². The molecule has 0 saturated carbocycles. The third kappa shape index (κ3) is 4.75. The molecule has 0 aliphatic carbocycles. The first kappa shape index (κ1) is 19.6. The molecule has 2 amide bonds. The van der Waals surface area contributed by atoms with Crippen LogP contribution in [-0.2, 0) is 4.79 Å². The van der Waals surface area contributed by atoms with Gasteiger partial charge in [-0.3, -0.25) is 9.59 Å². The van der Waals surface area contributed by atoms with E-state index in [4.69, 9.17) is 0 Å². The molecule has 0 aromatic heterocycles. The van der Waals surface area contributed by atoms with Gasteiger partial charge in [0.1, 0.15) is 5.70 Å². The Morgan fingerprint density at radius 3 is 2.07 bits per heavy atom. The Bertz CT molecular complexity index is 1000. The molecule has 0 saturated heterocycles. The highest BCUT2D eigenvalue weighted by atomic mass is 79.9. The summed E-state index contributed by atoms with van der Waals surface area (Å²) in [5.74, 6) is -0.656. The summed E-state index contributed by atoms with van der Waals surface area (Å²) in [6.07, 6.45) is 1.68. The number of benzene rings is 3. The average molecular weight is 435 g/mol. The number of hydrogen-bond donors (Lipinski definition) is 1. The van der Waals surface area contributed by atoms with Gasteiger partial charge in [-0.1, -0.05) is 60.7 Å². The van der Waals surface area contributed by atoms with Crippen LogP contribution in [0.4, 0.5) is 5.69 Å². The molecule has 0 heterocycles. The van der Waals surface area contributed by atoms with Gasteiger partial charge in [-0.25, -0.2) is 0 Å². The molecular weight excluding hydrogens is 416 g/mol. The van der Waals surface area contributed by atoms with Crippen molar-refractivity contribution in [1.29, 1.82) is 0 Å². The molecular formula is C23H19BrN2O2. The predicted octanol–water partition coefficient (Wildman–Crippen LogP) is 4.88. The van der Waals surface area contributed by atoms with Crippen molar-refractivity contribution in [3.63, 3.8) is 0 Å². The van der Waals surface area contributed by atoms with E-state index in [0.29, 0.717) is 11.3 Å². The lowest BCUT2D eigenvalue weighted by Gasteiger charge is -2.21. The van der Waals surface area contributed by atoms with E-state index in [1.165, 1.54) is 4.90 Å². The Morgan fingerprint density at radius 1 is 0.857 bits per heavy atom. The van der Waals surface area contributed by atoms with E-state index in [1.807, 2.05) is 60.7 Å². The highest BCUT2D eigenvalue weighted by Crippen LogP contribution is 2.25. The van der Waals surface area contributed by atoms with E-state index < -0.39 is 0 Å². The second-order valence-electron chi connectivity index (χ2n) is 6.10. The van der Waals surface area contributed by atoms with E-state index >= 15 is 0 Å². The van der Waals surface area contributed by atoms with Gasteiger partial charge in [0.15, 0.2) is 0 Å². The second kappa shape index (κ2) is 9.15. The number of likely N-dealkylation sites (N-methyl/N-ethyl adjacent to an activating group) is 1. The van der Waals surface area contributed by atoms with Gasteiger partial charge in [0.2, 0.25) is 0 Å². The Hall–Kier alpha value is -3.18. The Kier molecular flexibility index (Phi) is 6.40. The molecule has 3 aromatic rings. The minimum Gasteiger partial charge on any atom is -0.317 e. The Labute approximate surface area is 172 Å². The first-order chi connectivity index (χ1) is 13.6. The molecule has 0 atom stereocenters. The molecule has 0 bridgehead atoms. The van der Waals surface area contributed by atoms with Gasteiger partial charge in [-0.15, -0.1) is 0 Å². The number of nitrogens with zero attached hydrogens (tertiary/aromatic N) is 1. The van der Waals surface area contributed by atoms with Crippen molar-refractivity contribution < 1.29 is 9.59 Å². The molecule has 0 spiro atoms. The van der Waals surface area contributed by atoms with Gasteiger partial charge in [-0.05, 0) is 51.8 Å². The SMILES string of the molecule is CN(C(=O)/C(=C/c1ccccc1)NC(=O)c1ccccc1)c1ccccc1Br. The molecule has 0 unspecified atom stereocenters. The van der Waals surface area contributed by atoms with Gasteiger partial charge >= 0.3 is 0 Å². The van der Waals surface area contributed by atoms with E-state index in [-0.39, 0.29) is 17.5 Å². The molecule has 0 fully saturated rings. The van der Waals surface area contributed by atoms with Crippen molar-refractivity contribution in [1.82, 2.24) is 5.32 Å². The zero-order chi connectivity index (χ0) is 19.9. The highest BCUT2D eigenvalue weighted by Gasteiger charge is 2.20. The third-order valence-electron chi connectivity index (χ3n) is 4.14. The van der Waals surface area contributed by atoms with Crippen molar-refractivity contribution in [3.8, 4) is 0 Å². The maximum atomic E-state index is 13.2. The number of halogens is 1. The van der Waals surface area contributed by atoms with Gasteiger partial charge in [-0.2, -0.15) is 0 Å². The molecule has 5 heteroatoms. The number of para-hydroxylation sites is 1. The Morgan fingerprint density at radius 2 is 1.43 bits per heavy atom. The van der Waals surface area contributed by atoms with Crippen LogP contribution < -0.4 is 10.2 Å². The molecule has 0 aliphatic heterocycles. The summed E-state index contributed by atoms with van der Waals surface area (Å²) in [6.45, 7) is 0. The van der Waals surface area contributed by atoms with Crippen LogP contribution in [0.2, 0.25) is 0 Å². The quantitative estimate of drug-likeness (QED) is 0.581. The van der Waals surface area contributed by atoms with Gasteiger partial charge in [0.05, 0.1) is 5.69 Å². The zero-order valence-electron chi connectivity index (χ0n) is 15.3. The molecule has 4 nitrogen and oxygen atoms in total. The topological polar surface area (TPSA) is 49.4 Å². The lowest BCUT2D eigenvalue weighted by molar-refractivity contribution is -0.115. The van der Waals surface area contributed by atoms with Crippen LogP contribution in [-0.4, -0.2) is 18.9 Å². The van der Waals surface area contributed by atoms with E-state index in [0.717, 1.165) is 10.0 Å². The number of amides is 2. The minimum absolute atomic E-state index is 0.193. The van der Waals surface area contributed by atoms with Crippen LogP contribution in [0.5, 0.6) is 0 Å². The molecule has 3 rings (SSSR count). The summed E-state index contributed by atoms with van der Waals surface area (Å²) < 4.78 is 0.791. The Balaban J connectivity index is 1.94. The largest absolute Gasteiger partial charge is 0.317 e. The van der Waals surface area contributed by atoms with Crippen molar-refractivity contribution in [2.24, 2.45) is 0 Å². The lowest BCUT2D eigenvalue weighted by atomic mass is 10.1. The van der Waals surface area contributed by atoms with Gasteiger partial charge < -0.3 is 10.2 Å². The fourth-order valence-corrected chi connectivity index (χ4v) is 3.22. The van der Waals surface area contributed by atoms with E-state index in [2.05, 4.69) is 21.2 Å². The smallest absolute Gasteiger partial charge is 0.274 e. The fraction of sp³-hybridized carbons (Fsp3) is 0.0435. The molecule has 140 valence electrons. The van der Waals surface area contributed by atoms with E-state index in [1.54, 1.807) is 37.4 Å². The highest BCUT2D eigenvalue weighted by molar-refractivity contribution is 9.10. The third-order valence-corrected chi connectivity index (χ3v) is 4.81. The maximum Gasteiger partial charge on any atom is 0.274 e. The standard InChI is InChI=1S/C23H19BrN2O2/c1-26(21-15-9-8-14-19(21)24)23(28)20(16-17-10-4-2-5-11-17)25-22(27)18-12-6-3-7-13-18/h2-16H,1H3,(H,25,27)/b20-16-. The van der Waals surface area contributed by atoms with Crippen molar-refractivity contribution in [2.45, 2.75) is 0 Å². The van der Waals surface area contributed by atoms with Gasteiger partial charge in [0.25, 0.3) is 11.8 Å². The summed E-state index contributed by atoms with van der Waals surface area (Å²) in [6, 6.07) is 25.7. The van der Waals surface area contributed by atoms with Crippen molar-refractivity contribution in [2.75, 3.05) is 11.9 Å². The van der Waals surface area contributed by atoms with Crippen molar-refractivity contribution in [3.05, 3.63) is 106 Å². The lowest BCUT2D eigenvalue weighted by Crippen LogP contribution is -2.36.